The quantitative estimate of drug-likeness (QED) is 0.531. The van der Waals surface area contributed by atoms with Gasteiger partial charge < -0.3 is 4.90 Å². The van der Waals surface area contributed by atoms with Crippen molar-refractivity contribution in [3.63, 3.8) is 0 Å². The second-order valence-corrected chi connectivity index (χ2v) is 8.45. The number of rotatable bonds is 7. The van der Waals surface area contributed by atoms with Crippen molar-refractivity contribution in [1.82, 2.24) is 24.5 Å². The second kappa shape index (κ2) is 8.17. The predicted octanol–water partition coefficient (Wildman–Crippen LogP) is 4.57. The van der Waals surface area contributed by atoms with Gasteiger partial charge in [0.1, 0.15) is 0 Å². The first kappa shape index (κ1) is 21.4. The average molecular weight is 527 g/mol. The molecule has 2 aromatic heterocycles. The number of aromatic nitrogens is 4. The highest BCUT2D eigenvalue weighted by molar-refractivity contribution is 9.10. The van der Waals surface area contributed by atoms with Crippen LogP contribution in [0.5, 0.6) is 0 Å². The molecule has 28 heavy (non-hydrogen) atoms. The lowest BCUT2D eigenvalue weighted by atomic mass is 10.2. The summed E-state index contributed by atoms with van der Waals surface area (Å²) in [6, 6.07) is 0. The van der Waals surface area contributed by atoms with Crippen LogP contribution in [0.2, 0.25) is 0 Å². The number of aryl methyl sites for hydroxylation is 2. The summed E-state index contributed by atoms with van der Waals surface area (Å²) < 4.78 is 43.5. The van der Waals surface area contributed by atoms with Gasteiger partial charge in [0.2, 0.25) is 5.91 Å². The molecule has 11 heteroatoms. The third-order valence-corrected chi connectivity index (χ3v) is 6.16. The van der Waals surface area contributed by atoms with Gasteiger partial charge in [0.05, 0.1) is 39.6 Å². The molecule has 0 aromatic carbocycles. The largest absolute Gasteiger partial charge is 0.436 e. The maximum absolute atomic E-state index is 13.2. The van der Waals surface area contributed by atoms with Crippen molar-refractivity contribution in [1.29, 1.82) is 0 Å². The summed E-state index contributed by atoms with van der Waals surface area (Å²) in [5.41, 5.74) is 0.485. The third-order valence-electron chi connectivity index (χ3n) is 4.71. The highest BCUT2D eigenvalue weighted by atomic mass is 79.9. The van der Waals surface area contributed by atoms with Gasteiger partial charge in [-0.2, -0.15) is 23.4 Å². The van der Waals surface area contributed by atoms with Crippen molar-refractivity contribution < 1.29 is 18.0 Å². The number of halogens is 5. The van der Waals surface area contributed by atoms with E-state index in [0.717, 1.165) is 23.0 Å². The molecular formula is C17H20Br2F3N5O. The molecule has 0 spiro atoms. The Balaban J connectivity index is 1.70. The molecule has 1 amide bonds. The van der Waals surface area contributed by atoms with E-state index >= 15 is 0 Å². The zero-order valence-electron chi connectivity index (χ0n) is 15.4. The predicted molar refractivity (Wildman–Crippen MR) is 104 cm³/mol. The van der Waals surface area contributed by atoms with Crippen LogP contribution in [0.3, 0.4) is 0 Å². The van der Waals surface area contributed by atoms with Gasteiger partial charge in [0.25, 0.3) is 0 Å². The summed E-state index contributed by atoms with van der Waals surface area (Å²) >= 11 is 6.49. The number of hydrogen-bond donors (Lipinski definition) is 0. The molecule has 0 N–H and O–H groups in total. The molecule has 154 valence electrons. The van der Waals surface area contributed by atoms with E-state index < -0.39 is 11.9 Å². The lowest BCUT2D eigenvalue weighted by Crippen LogP contribution is -2.28. The van der Waals surface area contributed by atoms with Crippen molar-refractivity contribution in [3.05, 3.63) is 32.2 Å². The molecule has 3 rings (SSSR count). The zero-order valence-corrected chi connectivity index (χ0v) is 18.6. The van der Waals surface area contributed by atoms with Gasteiger partial charge in [-0.1, -0.05) is 0 Å². The second-order valence-electron chi connectivity index (χ2n) is 6.80. The van der Waals surface area contributed by atoms with Gasteiger partial charge in [-0.15, -0.1) is 0 Å². The first-order chi connectivity index (χ1) is 13.1. The number of carbonyl (C=O) groups is 1. The van der Waals surface area contributed by atoms with Crippen molar-refractivity contribution >= 4 is 37.8 Å². The Bertz CT molecular complexity index is 873. The van der Waals surface area contributed by atoms with Crippen molar-refractivity contribution in [3.8, 4) is 0 Å². The Morgan fingerprint density at radius 3 is 2.57 bits per heavy atom. The minimum absolute atomic E-state index is 0.000850. The van der Waals surface area contributed by atoms with E-state index in [0.29, 0.717) is 18.8 Å². The van der Waals surface area contributed by atoms with E-state index in [1.807, 2.05) is 6.92 Å². The fourth-order valence-electron chi connectivity index (χ4n) is 3.07. The molecule has 1 aliphatic carbocycles. The molecular weight excluding hydrogens is 507 g/mol. The van der Waals surface area contributed by atoms with Crippen LogP contribution in [0.4, 0.5) is 13.2 Å². The molecule has 0 radical (unpaired) electrons. The van der Waals surface area contributed by atoms with Gasteiger partial charge >= 0.3 is 6.18 Å². The molecule has 0 atom stereocenters. The highest BCUT2D eigenvalue weighted by Gasteiger charge is 2.41. The molecule has 6 nitrogen and oxygen atoms in total. The van der Waals surface area contributed by atoms with E-state index in [9.17, 15) is 18.0 Å². The minimum atomic E-state index is -4.53. The van der Waals surface area contributed by atoms with E-state index in [-0.39, 0.29) is 29.3 Å². The number of nitrogens with zero attached hydrogens (tertiary/aromatic N) is 5. The summed E-state index contributed by atoms with van der Waals surface area (Å²) in [6.07, 6.45) is -1.10. The lowest BCUT2D eigenvalue weighted by molar-refractivity contribution is -0.142. The fraction of sp³-hybridized carbons (Fsp3) is 0.588. The minimum Gasteiger partial charge on any atom is -0.340 e. The van der Waals surface area contributed by atoms with Crippen LogP contribution < -0.4 is 0 Å². The average Bonchev–Trinajstić information content (AvgIpc) is 3.31. The Hall–Kier alpha value is -1.36. The summed E-state index contributed by atoms with van der Waals surface area (Å²) in [5, 5.41) is 7.96. The smallest absolute Gasteiger partial charge is 0.340 e. The van der Waals surface area contributed by atoms with Gasteiger partial charge in [-0.25, -0.2) is 0 Å². The molecule has 1 aliphatic rings. The maximum atomic E-state index is 13.2. The molecule has 1 fully saturated rings. The van der Waals surface area contributed by atoms with Gasteiger partial charge in [0, 0.05) is 25.9 Å². The van der Waals surface area contributed by atoms with Crippen LogP contribution in [-0.2, 0) is 30.6 Å². The Morgan fingerprint density at radius 1 is 1.32 bits per heavy atom. The molecule has 0 saturated heterocycles. The number of alkyl halides is 3. The highest BCUT2D eigenvalue weighted by Crippen LogP contribution is 2.47. The van der Waals surface area contributed by atoms with E-state index in [2.05, 4.69) is 42.1 Å². The van der Waals surface area contributed by atoms with Gasteiger partial charge in [-0.3, -0.25) is 14.2 Å². The monoisotopic (exact) mass is 525 g/mol. The molecule has 0 unspecified atom stereocenters. The molecule has 0 aliphatic heterocycles. The lowest BCUT2D eigenvalue weighted by Gasteiger charge is -2.18. The summed E-state index contributed by atoms with van der Waals surface area (Å²) in [5.74, 6) is -0.0988. The topological polar surface area (TPSA) is 56.0 Å². The third kappa shape index (κ3) is 4.45. The number of amides is 1. The van der Waals surface area contributed by atoms with Crippen LogP contribution in [0.25, 0.3) is 0 Å². The molecule has 1 saturated carbocycles. The van der Waals surface area contributed by atoms with Crippen molar-refractivity contribution in [2.45, 2.75) is 57.9 Å². The van der Waals surface area contributed by atoms with Crippen molar-refractivity contribution in [2.24, 2.45) is 0 Å². The van der Waals surface area contributed by atoms with Crippen LogP contribution in [-0.4, -0.2) is 37.4 Å². The van der Waals surface area contributed by atoms with E-state index in [1.165, 1.54) is 4.68 Å². The van der Waals surface area contributed by atoms with Crippen LogP contribution in [0.15, 0.2) is 15.1 Å². The van der Waals surface area contributed by atoms with Crippen LogP contribution >= 0.6 is 31.9 Å². The van der Waals surface area contributed by atoms with Crippen molar-refractivity contribution in [2.75, 3.05) is 7.05 Å². The molecule has 2 aromatic rings. The molecule has 2 heterocycles. The fourth-order valence-corrected chi connectivity index (χ4v) is 4.33. The zero-order chi connectivity index (χ0) is 20.6. The number of hydrogen-bond acceptors (Lipinski definition) is 3. The summed E-state index contributed by atoms with van der Waals surface area (Å²) in [7, 11) is 1.67. The number of carbonyl (C=O) groups excluding carboxylic acids is 1. The van der Waals surface area contributed by atoms with E-state index in [4.69, 9.17) is 0 Å². The SMILES string of the molecule is CCn1ncc(Br)c1CN(C)C(=O)CCn1nc(C(F)(F)F)c(Br)c1C1CC1. The van der Waals surface area contributed by atoms with Gasteiger partial charge in [0.15, 0.2) is 5.69 Å². The Labute approximate surface area is 177 Å². The Kier molecular flexibility index (Phi) is 6.23. The van der Waals surface area contributed by atoms with Crippen LogP contribution in [0, 0.1) is 0 Å². The van der Waals surface area contributed by atoms with E-state index in [1.54, 1.807) is 22.8 Å². The summed E-state index contributed by atoms with van der Waals surface area (Å²) in [6.45, 7) is 3.10. The first-order valence-electron chi connectivity index (χ1n) is 8.91. The normalized spacial score (nSPS) is 14.5. The molecule has 0 bridgehead atoms. The standard InChI is InChI=1S/C17H20Br2F3N5O/c1-3-26-12(11(18)8-23-26)9-25(2)13(28)6-7-27-15(10-4-5-10)14(19)16(24-27)17(20,21)22/h8,10H,3-7,9H2,1-2H3. The van der Waals surface area contributed by atoms with Gasteiger partial charge in [-0.05, 0) is 51.6 Å². The maximum Gasteiger partial charge on any atom is 0.436 e. The summed E-state index contributed by atoms with van der Waals surface area (Å²) in [4.78, 5) is 14.1. The van der Waals surface area contributed by atoms with Crippen LogP contribution in [0.1, 0.15) is 49.2 Å². The first-order valence-corrected chi connectivity index (χ1v) is 10.5. The Morgan fingerprint density at radius 2 is 2.00 bits per heavy atom.